The number of benzene rings is 1. The number of carbonyl (C=O) groups excluding carboxylic acids is 1. The first-order valence-corrected chi connectivity index (χ1v) is 8.04. The molecule has 8 heteroatoms. The molecule has 1 amide bonds. The molecule has 0 radical (unpaired) electrons. The molecule has 0 aromatic heterocycles. The Morgan fingerprint density at radius 2 is 2.14 bits per heavy atom. The van der Waals surface area contributed by atoms with Crippen LogP contribution >= 0.6 is 0 Å². The molecule has 1 N–H and O–H groups in total. The van der Waals surface area contributed by atoms with Gasteiger partial charge in [-0.2, -0.15) is 0 Å². The fraction of sp³-hybridized carbons (Fsp3) is 0.462. The third kappa shape index (κ3) is 4.25. The molecule has 21 heavy (non-hydrogen) atoms. The Labute approximate surface area is 125 Å². The molecular weight excluding hydrogens is 294 g/mol. The van der Waals surface area contributed by atoms with Crippen LogP contribution in [-0.2, 0) is 10.8 Å². The molecule has 0 heterocycles. The lowest BCUT2D eigenvalue weighted by Crippen LogP contribution is -2.33. The Kier molecular flexibility index (Phi) is 5.83. The van der Waals surface area contributed by atoms with Crippen molar-refractivity contribution in [3.05, 3.63) is 33.9 Å². The van der Waals surface area contributed by atoms with E-state index in [-0.39, 0.29) is 23.2 Å². The van der Waals surface area contributed by atoms with Gasteiger partial charge in [-0.05, 0) is 19.1 Å². The van der Waals surface area contributed by atoms with E-state index in [2.05, 4.69) is 5.32 Å². The van der Waals surface area contributed by atoms with Crippen molar-refractivity contribution in [3.8, 4) is 0 Å². The molecule has 0 fully saturated rings. The number of nitrogens with zero attached hydrogens (tertiary/aromatic N) is 2. The normalized spacial score (nSPS) is 13.3. The predicted octanol–water partition coefficient (Wildman–Crippen LogP) is 1.16. The van der Waals surface area contributed by atoms with E-state index in [1.54, 1.807) is 18.2 Å². The number of hydrogen-bond donors (Lipinski definition) is 1. The number of rotatable bonds is 6. The molecule has 0 aliphatic heterocycles. The van der Waals surface area contributed by atoms with Crippen molar-refractivity contribution in [2.45, 2.75) is 13.0 Å². The molecule has 0 bridgehead atoms. The quantitative estimate of drug-likeness (QED) is 0.628. The Morgan fingerprint density at radius 3 is 2.62 bits per heavy atom. The number of nitrogens with one attached hydrogen (secondary N) is 1. The average molecular weight is 313 g/mol. The monoisotopic (exact) mass is 313 g/mol. The fourth-order valence-electron chi connectivity index (χ4n) is 1.94. The highest BCUT2D eigenvalue weighted by molar-refractivity contribution is 7.84. The van der Waals surface area contributed by atoms with E-state index in [4.69, 9.17) is 0 Å². The molecule has 0 saturated carbocycles. The number of hydrogen-bond acceptors (Lipinski definition) is 5. The van der Waals surface area contributed by atoms with E-state index in [0.29, 0.717) is 11.4 Å². The van der Waals surface area contributed by atoms with E-state index >= 15 is 0 Å². The minimum absolute atomic E-state index is 0.125. The van der Waals surface area contributed by atoms with Crippen LogP contribution in [0.5, 0.6) is 0 Å². The molecule has 7 nitrogen and oxygen atoms in total. The Balaban J connectivity index is 3.20. The molecule has 0 spiro atoms. The van der Waals surface area contributed by atoms with Crippen molar-refractivity contribution < 1.29 is 13.9 Å². The van der Waals surface area contributed by atoms with Gasteiger partial charge in [-0.3, -0.25) is 19.1 Å². The maximum absolute atomic E-state index is 11.6. The van der Waals surface area contributed by atoms with Gasteiger partial charge < -0.3 is 10.2 Å². The summed E-state index contributed by atoms with van der Waals surface area (Å²) in [4.78, 5) is 24.0. The van der Waals surface area contributed by atoms with Crippen LogP contribution in [0, 0.1) is 10.1 Å². The molecule has 0 saturated heterocycles. The smallest absolute Gasteiger partial charge is 0.293 e. The second-order valence-electron chi connectivity index (χ2n) is 4.74. The average Bonchev–Trinajstić information content (AvgIpc) is 2.44. The van der Waals surface area contributed by atoms with E-state index in [1.165, 1.54) is 25.2 Å². The van der Waals surface area contributed by atoms with Crippen LogP contribution in [0.2, 0.25) is 0 Å². The van der Waals surface area contributed by atoms with Crippen molar-refractivity contribution in [1.29, 1.82) is 0 Å². The van der Waals surface area contributed by atoms with Crippen LogP contribution in [0.15, 0.2) is 18.2 Å². The highest BCUT2D eigenvalue weighted by atomic mass is 32.2. The summed E-state index contributed by atoms with van der Waals surface area (Å²) in [5, 5.41) is 13.7. The van der Waals surface area contributed by atoms with Crippen LogP contribution in [0.4, 0.5) is 11.4 Å². The lowest BCUT2D eigenvalue weighted by atomic mass is 10.1. The molecule has 116 valence electrons. The van der Waals surface area contributed by atoms with Gasteiger partial charge in [-0.1, -0.05) is 0 Å². The van der Waals surface area contributed by atoms with Gasteiger partial charge in [0, 0.05) is 54.6 Å². The number of nitro benzene ring substituents is 1. The minimum Gasteiger partial charge on any atom is -0.365 e. The van der Waals surface area contributed by atoms with Crippen LogP contribution in [0.25, 0.3) is 0 Å². The maximum Gasteiger partial charge on any atom is 0.293 e. The third-order valence-electron chi connectivity index (χ3n) is 3.18. The second kappa shape index (κ2) is 7.16. The minimum atomic E-state index is -0.996. The van der Waals surface area contributed by atoms with Crippen LogP contribution in [0.1, 0.15) is 17.3 Å². The first-order chi connectivity index (χ1) is 9.77. The molecule has 1 aromatic rings. The Bertz CT molecular complexity index is 577. The Morgan fingerprint density at radius 1 is 1.52 bits per heavy atom. The van der Waals surface area contributed by atoms with Crippen molar-refractivity contribution in [2.75, 3.05) is 31.0 Å². The van der Waals surface area contributed by atoms with Gasteiger partial charge in [0.1, 0.15) is 5.69 Å². The molecule has 0 aliphatic rings. The van der Waals surface area contributed by atoms with Gasteiger partial charge in [0.05, 0.1) is 4.92 Å². The van der Waals surface area contributed by atoms with E-state index < -0.39 is 15.7 Å². The molecule has 0 unspecified atom stereocenters. The Hall–Kier alpha value is -1.96. The van der Waals surface area contributed by atoms with Crippen molar-refractivity contribution in [2.24, 2.45) is 0 Å². The van der Waals surface area contributed by atoms with Gasteiger partial charge in [-0.25, -0.2) is 0 Å². The van der Waals surface area contributed by atoms with E-state index in [1.807, 2.05) is 6.92 Å². The lowest BCUT2D eigenvalue weighted by molar-refractivity contribution is -0.384. The topological polar surface area (TPSA) is 92.6 Å². The zero-order valence-electron chi connectivity index (χ0n) is 12.5. The first kappa shape index (κ1) is 17.1. The summed E-state index contributed by atoms with van der Waals surface area (Å²) >= 11 is 0. The summed E-state index contributed by atoms with van der Waals surface area (Å²) in [6.07, 6.45) is 1.59. The first-order valence-electron chi connectivity index (χ1n) is 6.31. The summed E-state index contributed by atoms with van der Waals surface area (Å²) in [5.41, 5.74) is 0.478. The number of nitro groups is 1. The SMILES string of the molecule is CNC(=O)c1ccc(N(C)[C@@H](C)C[S@](C)=O)c([N+](=O)[O-])c1. The lowest BCUT2D eigenvalue weighted by Gasteiger charge is -2.26. The zero-order chi connectivity index (χ0) is 16.2. The van der Waals surface area contributed by atoms with Gasteiger partial charge >= 0.3 is 0 Å². The zero-order valence-corrected chi connectivity index (χ0v) is 13.3. The van der Waals surface area contributed by atoms with Crippen LogP contribution in [0.3, 0.4) is 0 Å². The van der Waals surface area contributed by atoms with Gasteiger partial charge in [-0.15, -0.1) is 0 Å². The summed E-state index contributed by atoms with van der Waals surface area (Å²) in [6, 6.07) is 4.20. The standard InChI is InChI=1S/C13H19N3O4S/c1-9(8-21(4)20)15(3)11-6-5-10(13(17)14-2)7-12(11)16(18)19/h5-7,9H,8H2,1-4H3,(H,14,17)/t9-,21-/m0/s1. The van der Waals surface area contributed by atoms with Crippen molar-refractivity contribution in [1.82, 2.24) is 5.32 Å². The van der Waals surface area contributed by atoms with Crippen molar-refractivity contribution in [3.63, 3.8) is 0 Å². The maximum atomic E-state index is 11.6. The van der Waals surface area contributed by atoms with Crippen molar-refractivity contribution >= 4 is 28.1 Å². The van der Waals surface area contributed by atoms with Crippen LogP contribution in [-0.4, -0.2) is 47.2 Å². The molecule has 1 rings (SSSR count). The number of carbonyl (C=O) groups is 1. The fourth-order valence-corrected chi connectivity index (χ4v) is 2.85. The number of anilines is 1. The highest BCUT2D eigenvalue weighted by Gasteiger charge is 2.22. The summed E-state index contributed by atoms with van der Waals surface area (Å²) in [5.74, 6) is 0.0280. The van der Waals surface area contributed by atoms with E-state index in [0.717, 1.165) is 0 Å². The van der Waals surface area contributed by atoms with E-state index in [9.17, 15) is 19.1 Å². The molecular formula is C13H19N3O4S. The molecule has 0 aliphatic carbocycles. The summed E-state index contributed by atoms with van der Waals surface area (Å²) < 4.78 is 11.3. The van der Waals surface area contributed by atoms with Gasteiger partial charge in [0.2, 0.25) is 0 Å². The predicted molar refractivity (Wildman–Crippen MR) is 83.3 cm³/mol. The van der Waals surface area contributed by atoms with Gasteiger partial charge in [0.15, 0.2) is 0 Å². The van der Waals surface area contributed by atoms with Crippen LogP contribution < -0.4 is 10.2 Å². The highest BCUT2D eigenvalue weighted by Crippen LogP contribution is 2.29. The third-order valence-corrected chi connectivity index (χ3v) is 4.13. The largest absolute Gasteiger partial charge is 0.365 e. The van der Waals surface area contributed by atoms with Gasteiger partial charge in [0.25, 0.3) is 11.6 Å². The number of amides is 1. The molecule has 2 atom stereocenters. The summed E-state index contributed by atoms with van der Waals surface area (Å²) in [7, 11) is 2.18. The second-order valence-corrected chi connectivity index (χ2v) is 6.22. The molecule has 1 aromatic carbocycles. The summed E-state index contributed by atoms with van der Waals surface area (Å²) in [6.45, 7) is 1.85.